The SMILES string of the molecule is N#C[C@H](NC(=O)COc1ccc(C(=O)c2ccccc2)cc1)c1ccc(F)cc1. The predicted octanol–water partition coefficient (Wildman–Crippen LogP) is 3.82. The first-order valence-electron chi connectivity index (χ1n) is 8.84. The van der Waals surface area contributed by atoms with E-state index in [0.717, 1.165) is 0 Å². The molecule has 1 N–H and O–H groups in total. The van der Waals surface area contributed by atoms with E-state index in [1.807, 2.05) is 12.1 Å². The summed E-state index contributed by atoms with van der Waals surface area (Å²) >= 11 is 0. The minimum atomic E-state index is -0.905. The van der Waals surface area contributed by atoms with Crippen molar-refractivity contribution in [3.8, 4) is 11.8 Å². The van der Waals surface area contributed by atoms with Gasteiger partial charge < -0.3 is 10.1 Å². The molecule has 0 bridgehead atoms. The summed E-state index contributed by atoms with van der Waals surface area (Å²) in [6, 6.07) is 21.7. The minimum Gasteiger partial charge on any atom is -0.484 e. The lowest BCUT2D eigenvalue weighted by atomic mass is 10.0. The third kappa shape index (κ3) is 5.27. The fraction of sp³-hybridized carbons (Fsp3) is 0.0870. The normalized spacial score (nSPS) is 11.2. The number of ketones is 1. The van der Waals surface area contributed by atoms with Crippen LogP contribution in [-0.4, -0.2) is 18.3 Å². The van der Waals surface area contributed by atoms with Crippen molar-refractivity contribution >= 4 is 11.7 Å². The smallest absolute Gasteiger partial charge is 0.259 e. The number of hydrogen-bond acceptors (Lipinski definition) is 4. The molecule has 0 aromatic heterocycles. The largest absolute Gasteiger partial charge is 0.484 e. The van der Waals surface area contributed by atoms with E-state index in [9.17, 15) is 19.2 Å². The highest BCUT2D eigenvalue weighted by molar-refractivity contribution is 6.08. The van der Waals surface area contributed by atoms with Crippen LogP contribution in [0.25, 0.3) is 0 Å². The summed E-state index contributed by atoms with van der Waals surface area (Å²) in [5.74, 6) is -0.606. The fourth-order valence-corrected chi connectivity index (χ4v) is 2.66. The van der Waals surface area contributed by atoms with Crippen molar-refractivity contribution in [2.75, 3.05) is 6.61 Å². The Morgan fingerprint density at radius 3 is 2.17 bits per heavy atom. The van der Waals surface area contributed by atoms with Gasteiger partial charge in [-0.25, -0.2) is 4.39 Å². The number of rotatable bonds is 7. The number of halogens is 1. The molecule has 0 heterocycles. The monoisotopic (exact) mass is 388 g/mol. The van der Waals surface area contributed by atoms with Gasteiger partial charge in [-0.15, -0.1) is 0 Å². The molecule has 0 saturated heterocycles. The molecule has 0 spiro atoms. The third-order valence-corrected chi connectivity index (χ3v) is 4.16. The van der Waals surface area contributed by atoms with Crippen molar-refractivity contribution in [2.24, 2.45) is 0 Å². The number of hydrogen-bond donors (Lipinski definition) is 1. The Hall–Kier alpha value is -3.98. The van der Waals surface area contributed by atoms with E-state index in [1.165, 1.54) is 24.3 Å². The molecule has 3 aromatic rings. The lowest BCUT2D eigenvalue weighted by Crippen LogP contribution is -2.32. The first-order chi connectivity index (χ1) is 14.1. The summed E-state index contributed by atoms with van der Waals surface area (Å²) in [7, 11) is 0. The highest BCUT2D eigenvalue weighted by Crippen LogP contribution is 2.16. The van der Waals surface area contributed by atoms with Crippen LogP contribution in [0.5, 0.6) is 5.75 Å². The Balaban J connectivity index is 1.55. The van der Waals surface area contributed by atoms with E-state index in [2.05, 4.69) is 5.32 Å². The Morgan fingerprint density at radius 2 is 1.55 bits per heavy atom. The Labute approximate surface area is 167 Å². The molecular formula is C23H17FN2O3. The van der Waals surface area contributed by atoms with Gasteiger partial charge >= 0.3 is 0 Å². The van der Waals surface area contributed by atoms with Gasteiger partial charge in [0, 0.05) is 11.1 Å². The van der Waals surface area contributed by atoms with Crippen LogP contribution in [0.2, 0.25) is 0 Å². The number of carbonyl (C=O) groups is 2. The molecule has 0 aliphatic carbocycles. The molecule has 0 radical (unpaired) electrons. The maximum atomic E-state index is 13.0. The molecule has 1 amide bonds. The van der Waals surface area contributed by atoms with Crippen molar-refractivity contribution < 1.29 is 18.7 Å². The lowest BCUT2D eigenvalue weighted by Gasteiger charge is -2.13. The standard InChI is InChI=1S/C23H17FN2O3/c24-19-10-6-16(7-11-19)21(14-25)26-22(27)15-29-20-12-8-18(9-13-20)23(28)17-4-2-1-3-5-17/h1-13,21H,15H2,(H,26,27)/t21-/m0/s1. The maximum absolute atomic E-state index is 13.0. The van der Waals surface area contributed by atoms with Crippen LogP contribution in [-0.2, 0) is 4.79 Å². The van der Waals surface area contributed by atoms with Crippen LogP contribution in [0.15, 0.2) is 78.9 Å². The summed E-state index contributed by atoms with van der Waals surface area (Å²) in [5, 5.41) is 11.8. The second-order valence-corrected chi connectivity index (χ2v) is 6.19. The summed E-state index contributed by atoms with van der Waals surface area (Å²) in [4.78, 5) is 24.4. The van der Waals surface area contributed by atoms with E-state index >= 15 is 0 Å². The van der Waals surface area contributed by atoms with Gasteiger partial charge in [-0.05, 0) is 42.0 Å². The average Bonchev–Trinajstić information content (AvgIpc) is 2.77. The van der Waals surface area contributed by atoms with Gasteiger partial charge in [0.15, 0.2) is 12.4 Å². The Kier molecular flexibility index (Phi) is 6.33. The summed E-state index contributed by atoms with van der Waals surface area (Å²) in [6.45, 7) is -0.300. The van der Waals surface area contributed by atoms with Gasteiger partial charge in [-0.3, -0.25) is 9.59 Å². The van der Waals surface area contributed by atoms with Crippen molar-refractivity contribution in [1.82, 2.24) is 5.32 Å². The van der Waals surface area contributed by atoms with E-state index < -0.39 is 17.8 Å². The second kappa shape index (κ2) is 9.29. The highest BCUT2D eigenvalue weighted by atomic mass is 19.1. The molecule has 5 nitrogen and oxygen atoms in total. The van der Waals surface area contributed by atoms with Gasteiger partial charge in [0.25, 0.3) is 5.91 Å². The molecule has 3 rings (SSSR count). The van der Waals surface area contributed by atoms with Crippen LogP contribution in [0.3, 0.4) is 0 Å². The van der Waals surface area contributed by atoms with E-state index in [1.54, 1.807) is 48.5 Å². The summed E-state index contributed by atoms with van der Waals surface area (Å²) in [6.07, 6.45) is 0. The molecular weight excluding hydrogens is 371 g/mol. The van der Waals surface area contributed by atoms with Gasteiger partial charge in [0.2, 0.25) is 0 Å². The number of nitrogens with zero attached hydrogens (tertiary/aromatic N) is 1. The number of carbonyl (C=O) groups excluding carboxylic acids is 2. The van der Waals surface area contributed by atoms with Crippen molar-refractivity contribution in [1.29, 1.82) is 5.26 Å². The zero-order valence-corrected chi connectivity index (χ0v) is 15.3. The fourth-order valence-electron chi connectivity index (χ4n) is 2.66. The third-order valence-electron chi connectivity index (χ3n) is 4.16. The molecule has 3 aromatic carbocycles. The maximum Gasteiger partial charge on any atom is 0.259 e. The van der Waals surface area contributed by atoms with Crippen LogP contribution < -0.4 is 10.1 Å². The lowest BCUT2D eigenvalue weighted by molar-refractivity contribution is -0.123. The zero-order valence-electron chi connectivity index (χ0n) is 15.3. The first-order valence-corrected chi connectivity index (χ1v) is 8.84. The number of ether oxygens (including phenoxy) is 1. The van der Waals surface area contributed by atoms with Crippen LogP contribution in [0.1, 0.15) is 27.5 Å². The zero-order chi connectivity index (χ0) is 20.6. The molecule has 1 atom stereocenters. The molecule has 0 aliphatic heterocycles. The topological polar surface area (TPSA) is 79.2 Å². The van der Waals surface area contributed by atoms with Crippen LogP contribution in [0, 0.1) is 17.1 Å². The first kappa shape index (κ1) is 19.8. The number of nitriles is 1. The predicted molar refractivity (Wildman–Crippen MR) is 105 cm³/mol. The van der Waals surface area contributed by atoms with Gasteiger partial charge in [0.05, 0.1) is 6.07 Å². The van der Waals surface area contributed by atoms with Crippen LogP contribution >= 0.6 is 0 Å². The summed E-state index contributed by atoms with van der Waals surface area (Å²) in [5.41, 5.74) is 1.57. The summed E-state index contributed by atoms with van der Waals surface area (Å²) < 4.78 is 18.4. The molecule has 144 valence electrons. The molecule has 0 aliphatic rings. The van der Waals surface area contributed by atoms with Crippen molar-refractivity contribution in [3.05, 3.63) is 101 Å². The number of benzene rings is 3. The Bertz CT molecular complexity index is 1030. The van der Waals surface area contributed by atoms with E-state index in [-0.39, 0.29) is 12.4 Å². The quantitative estimate of drug-likeness (QED) is 0.624. The molecule has 0 unspecified atom stereocenters. The molecule has 0 fully saturated rings. The van der Waals surface area contributed by atoms with Gasteiger partial charge in [-0.2, -0.15) is 5.26 Å². The second-order valence-electron chi connectivity index (χ2n) is 6.19. The minimum absolute atomic E-state index is 0.106. The Morgan fingerprint density at radius 1 is 0.931 bits per heavy atom. The van der Waals surface area contributed by atoms with E-state index in [4.69, 9.17) is 4.74 Å². The number of nitrogens with one attached hydrogen (secondary N) is 1. The molecule has 0 saturated carbocycles. The van der Waals surface area contributed by atoms with Gasteiger partial charge in [0.1, 0.15) is 17.6 Å². The van der Waals surface area contributed by atoms with E-state index in [0.29, 0.717) is 22.4 Å². The molecule has 6 heteroatoms. The van der Waals surface area contributed by atoms with Crippen molar-refractivity contribution in [2.45, 2.75) is 6.04 Å². The number of amides is 1. The van der Waals surface area contributed by atoms with Crippen LogP contribution in [0.4, 0.5) is 4.39 Å². The average molecular weight is 388 g/mol. The van der Waals surface area contributed by atoms with Crippen molar-refractivity contribution in [3.63, 3.8) is 0 Å². The highest BCUT2D eigenvalue weighted by Gasteiger charge is 2.14. The molecule has 29 heavy (non-hydrogen) atoms. The van der Waals surface area contributed by atoms with Gasteiger partial charge in [-0.1, -0.05) is 42.5 Å².